The first kappa shape index (κ1) is 18.6. The van der Waals surface area contributed by atoms with Gasteiger partial charge in [-0.2, -0.15) is 0 Å². The van der Waals surface area contributed by atoms with E-state index in [0.29, 0.717) is 5.01 Å². The average Bonchev–Trinajstić information content (AvgIpc) is 3.04. The standard InChI is InChI=1S/C17H19N3O4S/c1-10(2)18-17(23)20-14(21)11(3)24-16(22)13-9-25-15(19-13)12-7-5-4-6-8-12/h4-11H,1-3H3,(H2,18,20,21,23)/t11-/m1/s1. The first-order chi connectivity index (χ1) is 11.9. The Morgan fingerprint density at radius 3 is 2.44 bits per heavy atom. The average molecular weight is 361 g/mol. The molecule has 1 atom stereocenters. The normalized spacial score (nSPS) is 11.7. The largest absolute Gasteiger partial charge is 0.448 e. The molecule has 0 aliphatic heterocycles. The summed E-state index contributed by atoms with van der Waals surface area (Å²) in [5.74, 6) is -1.42. The monoisotopic (exact) mass is 361 g/mol. The van der Waals surface area contributed by atoms with Crippen LogP contribution in [0.1, 0.15) is 31.3 Å². The summed E-state index contributed by atoms with van der Waals surface area (Å²) in [6.45, 7) is 4.92. The number of rotatable bonds is 5. The second-order valence-electron chi connectivity index (χ2n) is 5.57. The van der Waals surface area contributed by atoms with Crippen molar-refractivity contribution in [2.75, 3.05) is 0 Å². The van der Waals surface area contributed by atoms with E-state index in [1.165, 1.54) is 18.3 Å². The summed E-state index contributed by atoms with van der Waals surface area (Å²) < 4.78 is 5.07. The van der Waals surface area contributed by atoms with Crippen molar-refractivity contribution in [1.29, 1.82) is 0 Å². The molecule has 0 aliphatic carbocycles. The molecule has 3 amide bonds. The minimum absolute atomic E-state index is 0.114. The van der Waals surface area contributed by atoms with Crippen LogP contribution in [-0.2, 0) is 9.53 Å². The summed E-state index contributed by atoms with van der Waals surface area (Å²) >= 11 is 1.31. The van der Waals surface area contributed by atoms with Gasteiger partial charge in [-0.15, -0.1) is 11.3 Å². The van der Waals surface area contributed by atoms with Gasteiger partial charge in [0.2, 0.25) is 0 Å². The van der Waals surface area contributed by atoms with Gasteiger partial charge in [0, 0.05) is 17.0 Å². The molecule has 2 aromatic rings. The van der Waals surface area contributed by atoms with Crippen LogP contribution < -0.4 is 10.6 Å². The first-order valence-corrected chi connectivity index (χ1v) is 8.58. The molecule has 8 heteroatoms. The number of thiazole rings is 1. The van der Waals surface area contributed by atoms with Gasteiger partial charge in [-0.05, 0) is 20.8 Å². The summed E-state index contributed by atoms with van der Waals surface area (Å²) in [4.78, 5) is 39.7. The van der Waals surface area contributed by atoms with Crippen LogP contribution in [-0.4, -0.2) is 35.0 Å². The third kappa shape index (κ3) is 5.39. The van der Waals surface area contributed by atoms with Crippen LogP contribution in [0.25, 0.3) is 10.6 Å². The number of imide groups is 1. The van der Waals surface area contributed by atoms with Crippen LogP contribution >= 0.6 is 11.3 Å². The van der Waals surface area contributed by atoms with Crippen molar-refractivity contribution in [1.82, 2.24) is 15.6 Å². The summed E-state index contributed by atoms with van der Waals surface area (Å²) in [5, 5.41) is 6.88. The number of nitrogens with one attached hydrogen (secondary N) is 2. The van der Waals surface area contributed by atoms with E-state index in [0.717, 1.165) is 5.56 Å². The van der Waals surface area contributed by atoms with Crippen LogP contribution in [0.15, 0.2) is 35.7 Å². The van der Waals surface area contributed by atoms with Crippen molar-refractivity contribution in [2.45, 2.75) is 32.9 Å². The molecule has 0 unspecified atom stereocenters. The van der Waals surface area contributed by atoms with E-state index in [1.807, 2.05) is 30.3 Å². The van der Waals surface area contributed by atoms with E-state index in [-0.39, 0.29) is 11.7 Å². The lowest BCUT2D eigenvalue weighted by atomic mass is 10.2. The first-order valence-electron chi connectivity index (χ1n) is 7.70. The Balaban J connectivity index is 1.94. The Bertz CT molecular complexity index is 758. The Kier molecular flexibility index (Phi) is 6.24. The van der Waals surface area contributed by atoms with Crippen LogP contribution in [0.4, 0.5) is 4.79 Å². The molecule has 132 valence electrons. The number of nitrogens with zero attached hydrogens (tertiary/aromatic N) is 1. The molecule has 0 spiro atoms. The molecule has 1 aromatic heterocycles. The number of carbonyl (C=O) groups excluding carboxylic acids is 3. The zero-order chi connectivity index (χ0) is 18.4. The summed E-state index contributed by atoms with van der Waals surface area (Å²) in [5.41, 5.74) is 1.01. The topological polar surface area (TPSA) is 97.4 Å². The zero-order valence-corrected chi connectivity index (χ0v) is 14.9. The minimum Gasteiger partial charge on any atom is -0.448 e. The zero-order valence-electron chi connectivity index (χ0n) is 14.1. The third-order valence-corrected chi connectivity index (χ3v) is 3.93. The second-order valence-corrected chi connectivity index (χ2v) is 6.43. The maximum atomic E-state index is 12.1. The van der Waals surface area contributed by atoms with Gasteiger partial charge in [-0.25, -0.2) is 14.6 Å². The molecule has 1 aromatic carbocycles. The molecule has 2 rings (SSSR count). The lowest BCUT2D eigenvalue weighted by Crippen LogP contribution is -2.46. The summed E-state index contributed by atoms with van der Waals surface area (Å²) in [6.07, 6.45) is -1.12. The Hall–Kier alpha value is -2.74. The highest BCUT2D eigenvalue weighted by Gasteiger charge is 2.22. The maximum Gasteiger partial charge on any atom is 0.358 e. The van der Waals surface area contributed by atoms with Gasteiger partial charge in [0.25, 0.3) is 5.91 Å². The molecule has 2 N–H and O–H groups in total. The van der Waals surface area contributed by atoms with E-state index >= 15 is 0 Å². The molecule has 0 radical (unpaired) electrons. The number of carbonyl (C=O) groups is 3. The molecular weight excluding hydrogens is 342 g/mol. The molecule has 7 nitrogen and oxygen atoms in total. The van der Waals surface area contributed by atoms with Gasteiger partial charge >= 0.3 is 12.0 Å². The van der Waals surface area contributed by atoms with Gasteiger partial charge in [-0.1, -0.05) is 30.3 Å². The molecule has 0 aliphatic rings. The van der Waals surface area contributed by atoms with E-state index in [9.17, 15) is 14.4 Å². The van der Waals surface area contributed by atoms with Crippen molar-refractivity contribution in [3.8, 4) is 10.6 Å². The lowest BCUT2D eigenvalue weighted by molar-refractivity contribution is -0.127. The quantitative estimate of drug-likeness (QED) is 0.798. The van der Waals surface area contributed by atoms with Gasteiger partial charge in [-0.3, -0.25) is 10.1 Å². The van der Waals surface area contributed by atoms with Crippen LogP contribution in [0.3, 0.4) is 0 Å². The smallest absolute Gasteiger partial charge is 0.358 e. The number of hydrogen-bond acceptors (Lipinski definition) is 6. The second kappa shape index (κ2) is 8.39. The Morgan fingerprint density at radius 1 is 1.12 bits per heavy atom. The SMILES string of the molecule is CC(C)NC(=O)NC(=O)[C@@H](C)OC(=O)c1csc(-c2ccccc2)n1. The fourth-order valence-electron chi connectivity index (χ4n) is 1.87. The molecule has 0 fully saturated rings. The fraction of sp³-hybridized carbons (Fsp3) is 0.294. The van der Waals surface area contributed by atoms with Crippen molar-refractivity contribution >= 4 is 29.2 Å². The summed E-state index contributed by atoms with van der Waals surface area (Å²) in [7, 11) is 0. The maximum absolute atomic E-state index is 12.1. The number of benzene rings is 1. The van der Waals surface area contributed by atoms with E-state index in [4.69, 9.17) is 4.74 Å². The van der Waals surface area contributed by atoms with E-state index in [1.54, 1.807) is 19.2 Å². The van der Waals surface area contributed by atoms with Crippen molar-refractivity contribution in [2.24, 2.45) is 0 Å². The Labute approximate surface area is 149 Å². The highest BCUT2D eigenvalue weighted by molar-refractivity contribution is 7.13. The van der Waals surface area contributed by atoms with Crippen molar-refractivity contribution in [3.05, 3.63) is 41.4 Å². The molecule has 0 bridgehead atoms. The third-order valence-electron chi connectivity index (χ3n) is 3.04. The number of ether oxygens (including phenoxy) is 1. The van der Waals surface area contributed by atoms with Crippen LogP contribution in [0, 0.1) is 0 Å². The predicted octanol–water partition coefficient (Wildman–Crippen LogP) is 2.59. The van der Waals surface area contributed by atoms with Gasteiger partial charge < -0.3 is 10.1 Å². The molecular formula is C17H19N3O4S. The molecule has 25 heavy (non-hydrogen) atoms. The van der Waals surface area contributed by atoms with Gasteiger partial charge in [0.15, 0.2) is 11.8 Å². The number of urea groups is 1. The van der Waals surface area contributed by atoms with Crippen molar-refractivity contribution in [3.63, 3.8) is 0 Å². The van der Waals surface area contributed by atoms with Crippen LogP contribution in [0.2, 0.25) is 0 Å². The van der Waals surface area contributed by atoms with E-state index < -0.39 is 24.0 Å². The summed E-state index contributed by atoms with van der Waals surface area (Å²) in [6, 6.07) is 8.67. The molecule has 0 saturated carbocycles. The number of hydrogen-bond donors (Lipinski definition) is 2. The lowest BCUT2D eigenvalue weighted by Gasteiger charge is -2.13. The van der Waals surface area contributed by atoms with Crippen LogP contribution in [0.5, 0.6) is 0 Å². The van der Waals surface area contributed by atoms with Gasteiger partial charge in [0.1, 0.15) is 5.01 Å². The highest BCUT2D eigenvalue weighted by atomic mass is 32.1. The number of aromatic nitrogens is 1. The predicted molar refractivity (Wildman–Crippen MR) is 94.2 cm³/mol. The Morgan fingerprint density at radius 2 is 1.80 bits per heavy atom. The highest BCUT2D eigenvalue weighted by Crippen LogP contribution is 2.23. The minimum atomic E-state index is -1.12. The number of amides is 3. The fourth-order valence-corrected chi connectivity index (χ4v) is 2.66. The molecule has 0 saturated heterocycles. The van der Waals surface area contributed by atoms with Gasteiger partial charge in [0.05, 0.1) is 0 Å². The number of esters is 1. The van der Waals surface area contributed by atoms with Crippen molar-refractivity contribution < 1.29 is 19.1 Å². The molecule has 1 heterocycles. The van der Waals surface area contributed by atoms with E-state index in [2.05, 4.69) is 15.6 Å².